The normalized spacial score (nSPS) is 35.4. The molecule has 0 aromatic heterocycles. The van der Waals surface area contributed by atoms with E-state index in [9.17, 15) is 0 Å². The second-order valence-electron chi connectivity index (χ2n) is 6.19. The van der Waals surface area contributed by atoms with Gasteiger partial charge in [-0.05, 0) is 55.5 Å². The Labute approximate surface area is 114 Å². The largest absolute Gasteiger partial charge is 0.497 e. The maximum atomic E-state index is 5.46. The Bertz CT molecular complexity index is 536. The van der Waals surface area contributed by atoms with Crippen LogP contribution in [0.25, 0.3) is 0 Å². The van der Waals surface area contributed by atoms with E-state index < -0.39 is 0 Å². The van der Waals surface area contributed by atoms with Crippen molar-refractivity contribution in [3.05, 3.63) is 41.5 Å². The highest BCUT2D eigenvalue weighted by atomic mass is 16.5. The molecule has 1 saturated heterocycles. The molecule has 1 aliphatic heterocycles. The summed E-state index contributed by atoms with van der Waals surface area (Å²) in [5.41, 5.74) is 3.47. The van der Waals surface area contributed by atoms with Crippen molar-refractivity contribution in [3.63, 3.8) is 0 Å². The number of allylic oxidation sites excluding steroid dienone is 1. The first-order valence-electron chi connectivity index (χ1n) is 7.41. The van der Waals surface area contributed by atoms with Crippen LogP contribution >= 0.6 is 0 Å². The van der Waals surface area contributed by atoms with E-state index in [-0.39, 0.29) is 0 Å². The summed E-state index contributed by atoms with van der Waals surface area (Å²) in [6.07, 6.45) is 9.80. The first-order valence-corrected chi connectivity index (χ1v) is 7.41. The van der Waals surface area contributed by atoms with Crippen LogP contribution in [0.4, 0.5) is 0 Å². The second-order valence-corrected chi connectivity index (χ2v) is 6.19. The molecule has 2 heteroatoms. The molecule has 0 saturated carbocycles. The molecule has 0 spiro atoms. The summed E-state index contributed by atoms with van der Waals surface area (Å²) in [6.45, 7) is 1.16. The van der Waals surface area contributed by atoms with Crippen LogP contribution in [0.2, 0.25) is 0 Å². The molecule has 1 fully saturated rings. The van der Waals surface area contributed by atoms with Crippen molar-refractivity contribution in [1.82, 2.24) is 5.32 Å². The van der Waals surface area contributed by atoms with Crippen molar-refractivity contribution < 1.29 is 4.74 Å². The van der Waals surface area contributed by atoms with Crippen LogP contribution in [0.15, 0.2) is 30.4 Å². The number of hydrogen-bond acceptors (Lipinski definition) is 2. The SMILES string of the molecule is COc1ccc2c(c1)[C@@]13CCC=C[C@H]1[C@@H](C2)NCC3. The molecule has 100 valence electrons. The molecule has 4 rings (SSSR count). The van der Waals surface area contributed by atoms with Gasteiger partial charge in [-0.3, -0.25) is 0 Å². The molecule has 0 amide bonds. The van der Waals surface area contributed by atoms with Crippen LogP contribution in [0, 0.1) is 5.92 Å². The lowest BCUT2D eigenvalue weighted by Gasteiger charge is -2.54. The van der Waals surface area contributed by atoms with Gasteiger partial charge in [0.25, 0.3) is 0 Å². The van der Waals surface area contributed by atoms with Gasteiger partial charge in [0.15, 0.2) is 0 Å². The zero-order chi connectivity index (χ0) is 12.9. The fourth-order valence-electron chi connectivity index (χ4n) is 4.56. The molecule has 0 radical (unpaired) electrons. The highest BCUT2D eigenvalue weighted by Crippen LogP contribution is 2.52. The van der Waals surface area contributed by atoms with Gasteiger partial charge in [-0.15, -0.1) is 0 Å². The summed E-state index contributed by atoms with van der Waals surface area (Å²) < 4.78 is 5.46. The van der Waals surface area contributed by atoms with Crippen LogP contribution < -0.4 is 10.1 Å². The summed E-state index contributed by atoms with van der Waals surface area (Å²) in [4.78, 5) is 0. The Kier molecular flexibility index (Phi) is 2.49. The van der Waals surface area contributed by atoms with E-state index in [4.69, 9.17) is 4.74 Å². The second kappa shape index (κ2) is 4.11. The van der Waals surface area contributed by atoms with Gasteiger partial charge in [-0.1, -0.05) is 18.2 Å². The number of nitrogens with one attached hydrogen (secondary N) is 1. The van der Waals surface area contributed by atoms with Gasteiger partial charge in [-0.25, -0.2) is 0 Å². The number of benzene rings is 1. The number of hydrogen-bond donors (Lipinski definition) is 1. The monoisotopic (exact) mass is 255 g/mol. The lowest BCUT2D eigenvalue weighted by molar-refractivity contribution is 0.146. The zero-order valence-corrected chi connectivity index (χ0v) is 11.5. The minimum Gasteiger partial charge on any atom is -0.497 e. The van der Waals surface area contributed by atoms with E-state index in [0.717, 1.165) is 18.7 Å². The molecule has 1 heterocycles. The van der Waals surface area contributed by atoms with Crippen molar-refractivity contribution >= 4 is 0 Å². The number of ether oxygens (including phenoxy) is 1. The van der Waals surface area contributed by atoms with Crippen LogP contribution in [0.5, 0.6) is 5.75 Å². The van der Waals surface area contributed by atoms with Gasteiger partial charge in [0.1, 0.15) is 5.75 Å². The van der Waals surface area contributed by atoms with Gasteiger partial charge < -0.3 is 10.1 Å². The van der Waals surface area contributed by atoms with Gasteiger partial charge in [0, 0.05) is 17.4 Å². The van der Waals surface area contributed by atoms with Crippen LogP contribution in [0.3, 0.4) is 0 Å². The molecule has 0 unspecified atom stereocenters. The quantitative estimate of drug-likeness (QED) is 0.779. The lowest BCUT2D eigenvalue weighted by Crippen LogP contribution is -2.58. The fourth-order valence-corrected chi connectivity index (χ4v) is 4.56. The summed E-state index contributed by atoms with van der Waals surface area (Å²) >= 11 is 0. The third-order valence-electron chi connectivity index (χ3n) is 5.44. The van der Waals surface area contributed by atoms with E-state index in [2.05, 4.69) is 35.7 Å². The molecule has 2 aliphatic carbocycles. The third kappa shape index (κ3) is 1.53. The Morgan fingerprint density at radius 3 is 3.16 bits per heavy atom. The molecular formula is C17H21NO. The summed E-state index contributed by atoms with van der Waals surface area (Å²) in [7, 11) is 1.77. The van der Waals surface area contributed by atoms with Crippen LogP contribution in [-0.2, 0) is 11.8 Å². The zero-order valence-electron chi connectivity index (χ0n) is 11.5. The molecule has 1 aromatic carbocycles. The first-order chi connectivity index (χ1) is 9.33. The van der Waals surface area contributed by atoms with Crippen molar-refractivity contribution in [3.8, 4) is 5.75 Å². The van der Waals surface area contributed by atoms with Crippen molar-refractivity contribution in [1.29, 1.82) is 0 Å². The molecule has 3 aliphatic rings. The minimum atomic E-state index is 0.368. The summed E-state index contributed by atoms with van der Waals surface area (Å²) in [5.74, 6) is 1.69. The first kappa shape index (κ1) is 11.5. The van der Waals surface area contributed by atoms with E-state index in [0.29, 0.717) is 17.4 Å². The molecule has 2 nitrogen and oxygen atoms in total. The van der Waals surface area contributed by atoms with Gasteiger partial charge in [0.2, 0.25) is 0 Å². The van der Waals surface area contributed by atoms with E-state index in [1.807, 2.05) is 0 Å². The molecular weight excluding hydrogens is 234 g/mol. The van der Waals surface area contributed by atoms with Gasteiger partial charge in [0.05, 0.1) is 7.11 Å². The number of piperidine rings is 1. The smallest absolute Gasteiger partial charge is 0.119 e. The topological polar surface area (TPSA) is 21.3 Å². The van der Waals surface area contributed by atoms with Gasteiger partial charge in [-0.2, -0.15) is 0 Å². The predicted molar refractivity (Wildman–Crippen MR) is 76.6 cm³/mol. The molecule has 2 bridgehead atoms. The molecule has 1 N–H and O–H groups in total. The van der Waals surface area contributed by atoms with Crippen LogP contribution in [0.1, 0.15) is 30.4 Å². The lowest BCUT2D eigenvalue weighted by atomic mass is 9.54. The third-order valence-corrected chi connectivity index (χ3v) is 5.44. The minimum absolute atomic E-state index is 0.368. The van der Waals surface area contributed by atoms with E-state index in [1.165, 1.54) is 24.8 Å². The highest BCUT2D eigenvalue weighted by molar-refractivity contribution is 5.46. The van der Waals surface area contributed by atoms with Crippen molar-refractivity contribution in [2.24, 2.45) is 5.92 Å². The van der Waals surface area contributed by atoms with E-state index in [1.54, 1.807) is 12.7 Å². The summed E-state index contributed by atoms with van der Waals surface area (Å²) in [5, 5.41) is 3.73. The fraction of sp³-hybridized carbons (Fsp3) is 0.529. The summed E-state index contributed by atoms with van der Waals surface area (Å²) in [6, 6.07) is 7.34. The van der Waals surface area contributed by atoms with Crippen LogP contribution in [-0.4, -0.2) is 19.7 Å². The molecule has 19 heavy (non-hydrogen) atoms. The number of methoxy groups -OCH3 is 1. The number of rotatable bonds is 1. The highest BCUT2D eigenvalue weighted by Gasteiger charge is 2.50. The predicted octanol–water partition coefficient (Wildman–Crippen LogP) is 2.82. The Morgan fingerprint density at radius 1 is 1.32 bits per heavy atom. The Balaban J connectivity index is 1.91. The van der Waals surface area contributed by atoms with E-state index >= 15 is 0 Å². The average Bonchev–Trinajstić information content (AvgIpc) is 2.47. The van der Waals surface area contributed by atoms with Gasteiger partial charge >= 0.3 is 0 Å². The molecule has 1 aromatic rings. The van der Waals surface area contributed by atoms with Crippen molar-refractivity contribution in [2.45, 2.75) is 37.1 Å². The van der Waals surface area contributed by atoms with Crippen molar-refractivity contribution in [2.75, 3.05) is 13.7 Å². The average molecular weight is 255 g/mol. The maximum absolute atomic E-state index is 5.46. The maximum Gasteiger partial charge on any atom is 0.119 e. The molecule has 3 atom stereocenters. The standard InChI is InChI=1S/C17H21NO/c1-19-13-6-5-12-10-16-14-4-2-3-7-17(14,8-9-18-16)15(12)11-13/h2,4-6,11,14,16,18H,3,7-10H2,1H3/t14-,16+,17+/m0/s1. The Morgan fingerprint density at radius 2 is 2.26 bits per heavy atom. The Hall–Kier alpha value is -1.28. The number of fused-ring (bicyclic) bond motifs is 1.